The van der Waals surface area contributed by atoms with E-state index in [1.54, 1.807) is 6.07 Å². The first-order chi connectivity index (χ1) is 11.2. The Morgan fingerprint density at radius 3 is 2.43 bits per heavy atom. The summed E-state index contributed by atoms with van der Waals surface area (Å²) in [6.45, 7) is 3.18. The molecule has 1 aliphatic carbocycles. The Labute approximate surface area is 137 Å². The van der Waals surface area contributed by atoms with Crippen LogP contribution in [0, 0.1) is 23.5 Å². The van der Waals surface area contributed by atoms with E-state index in [-0.39, 0.29) is 11.9 Å². The highest BCUT2D eigenvalue weighted by molar-refractivity contribution is 5.33. The topological polar surface area (TPSA) is 21.8 Å². The minimum Gasteiger partial charge on any atom is -0.490 e. The van der Waals surface area contributed by atoms with E-state index >= 15 is 0 Å². The zero-order valence-electron chi connectivity index (χ0n) is 13.8. The van der Waals surface area contributed by atoms with Gasteiger partial charge in [0.05, 0.1) is 13.2 Å². The summed E-state index contributed by atoms with van der Waals surface area (Å²) < 4.78 is 38.6. The molecule has 1 saturated heterocycles. The molecule has 23 heavy (non-hydrogen) atoms. The molecular weight excluding hydrogens is 298 g/mol. The van der Waals surface area contributed by atoms with Gasteiger partial charge in [-0.3, -0.25) is 0 Å². The maximum Gasteiger partial charge on any atom is 0.200 e. The summed E-state index contributed by atoms with van der Waals surface area (Å²) in [7, 11) is 0. The molecule has 0 radical (unpaired) electrons. The van der Waals surface area contributed by atoms with Crippen LogP contribution < -0.4 is 4.74 Å². The van der Waals surface area contributed by atoms with E-state index < -0.39 is 11.6 Å². The van der Waals surface area contributed by atoms with Crippen molar-refractivity contribution in [1.29, 1.82) is 0 Å². The van der Waals surface area contributed by atoms with Gasteiger partial charge in [-0.1, -0.05) is 39.0 Å². The van der Waals surface area contributed by atoms with Crippen LogP contribution in [0.25, 0.3) is 0 Å². The second-order valence-corrected chi connectivity index (χ2v) is 6.94. The van der Waals surface area contributed by atoms with Crippen LogP contribution >= 0.6 is 0 Å². The van der Waals surface area contributed by atoms with Crippen LogP contribution in [0.5, 0.6) is 5.75 Å². The monoisotopic (exact) mass is 324 g/mol. The minimum atomic E-state index is -0.880. The van der Waals surface area contributed by atoms with Gasteiger partial charge in [0, 0.05) is 5.56 Å². The molecule has 128 valence electrons. The first-order valence-electron chi connectivity index (χ1n) is 8.91. The number of epoxide rings is 1. The van der Waals surface area contributed by atoms with Gasteiger partial charge in [0.25, 0.3) is 0 Å². The molecule has 3 rings (SSSR count). The lowest BCUT2D eigenvalue weighted by Crippen LogP contribution is -2.20. The lowest BCUT2D eigenvalue weighted by molar-refractivity contribution is 0.172. The van der Waals surface area contributed by atoms with Crippen molar-refractivity contribution in [2.24, 2.45) is 11.8 Å². The molecule has 4 heteroatoms. The van der Waals surface area contributed by atoms with Crippen LogP contribution in [0.2, 0.25) is 0 Å². The number of ether oxygens (including phenoxy) is 2. The first-order valence-corrected chi connectivity index (χ1v) is 8.91. The Kier molecular flexibility index (Phi) is 5.52. The number of hydrogen-bond acceptors (Lipinski definition) is 2. The fraction of sp³-hybridized carbons (Fsp3) is 0.684. The van der Waals surface area contributed by atoms with Crippen LogP contribution in [-0.4, -0.2) is 13.2 Å². The molecular formula is C19H26F2O2. The van der Waals surface area contributed by atoms with Crippen LogP contribution in [0.4, 0.5) is 8.78 Å². The summed E-state index contributed by atoms with van der Waals surface area (Å²) in [5.41, 5.74) is 0.297. The molecule has 0 N–H and O–H groups in total. The molecule has 2 fully saturated rings. The van der Waals surface area contributed by atoms with Crippen molar-refractivity contribution in [3.05, 3.63) is 29.3 Å². The number of hydrogen-bond donors (Lipinski definition) is 0. The van der Waals surface area contributed by atoms with Gasteiger partial charge in [-0.2, -0.15) is 4.39 Å². The summed E-state index contributed by atoms with van der Waals surface area (Å²) >= 11 is 0. The Hall–Kier alpha value is -1.16. The summed E-state index contributed by atoms with van der Waals surface area (Å²) in [4.78, 5) is 0. The maximum absolute atomic E-state index is 14.1. The molecule has 0 bridgehead atoms. The van der Waals surface area contributed by atoms with Gasteiger partial charge in [0.1, 0.15) is 6.10 Å². The molecule has 0 spiro atoms. The molecule has 1 aromatic carbocycles. The standard InChI is InChI=1S/C19H26F2O2/c1-2-3-4-13-5-7-14(8-6-13)11-22-16-10-9-15(17-12-23-17)18(20)19(16)21/h9-10,13-14,17H,2-8,11-12H2,1H3. The van der Waals surface area contributed by atoms with Crippen LogP contribution in [-0.2, 0) is 4.74 Å². The molecule has 2 aliphatic rings. The second-order valence-electron chi connectivity index (χ2n) is 6.94. The van der Waals surface area contributed by atoms with Crippen molar-refractivity contribution in [3.63, 3.8) is 0 Å². The summed E-state index contributed by atoms with van der Waals surface area (Å²) in [6.07, 6.45) is 8.36. The van der Waals surface area contributed by atoms with Gasteiger partial charge >= 0.3 is 0 Å². The molecule has 1 aromatic rings. The highest BCUT2D eigenvalue weighted by Crippen LogP contribution is 2.36. The second kappa shape index (κ2) is 7.61. The van der Waals surface area contributed by atoms with E-state index in [1.807, 2.05) is 0 Å². The van der Waals surface area contributed by atoms with E-state index in [0.717, 1.165) is 18.8 Å². The van der Waals surface area contributed by atoms with Crippen molar-refractivity contribution in [3.8, 4) is 5.75 Å². The average Bonchev–Trinajstić information content (AvgIpc) is 3.40. The highest BCUT2D eigenvalue weighted by atomic mass is 19.2. The molecule has 1 heterocycles. The largest absolute Gasteiger partial charge is 0.490 e. The predicted octanol–water partition coefficient (Wildman–Crippen LogP) is 5.41. The SMILES string of the molecule is CCCCC1CCC(COc2ccc(C3CO3)c(F)c2F)CC1. The van der Waals surface area contributed by atoms with Crippen molar-refractivity contribution in [2.75, 3.05) is 13.2 Å². The number of halogens is 2. The molecule has 2 nitrogen and oxygen atoms in total. The molecule has 1 aliphatic heterocycles. The Morgan fingerprint density at radius 2 is 1.78 bits per heavy atom. The van der Waals surface area contributed by atoms with Gasteiger partial charge in [-0.25, -0.2) is 4.39 Å². The van der Waals surface area contributed by atoms with Gasteiger partial charge in [0.2, 0.25) is 5.82 Å². The molecule has 1 unspecified atom stereocenters. The molecule has 1 saturated carbocycles. The summed E-state index contributed by atoms with van der Waals surface area (Å²) in [6, 6.07) is 3.11. The lowest BCUT2D eigenvalue weighted by atomic mass is 9.80. The number of benzene rings is 1. The fourth-order valence-corrected chi connectivity index (χ4v) is 3.52. The van der Waals surface area contributed by atoms with Gasteiger partial charge in [0.15, 0.2) is 11.6 Å². The fourth-order valence-electron chi connectivity index (χ4n) is 3.52. The lowest BCUT2D eigenvalue weighted by Gasteiger charge is -2.28. The normalized spacial score (nSPS) is 27.0. The van der Waals surface area contributed by atoms with E-state index in [1.165, 1.54) is 38.2 Å². The van der Waals surface area contributed by atoms with Gasteiger partial charge < -0.3 is 9.47 Å². The van der Waals surface area contributed by atoms with Gasteiger partial charge in [-0.05, 0) is 36.8 Å². The van der Waals surface area contributed by atoms with Crippen LogP contribution in [0.1, 0.15) is 63.5 Å². The van der Waals surface area contributed by atoms with E-state index in [9.17, 15) is 8.78 Å². The predicted molar refractivity (Wildman–Crippen MR) is 85.5 cm³/mol. The smallest absolute Gasteiger partial charge is 0.200 e. The third-order valence-corrected chi connectivity index (χ3v) is 5.16. The summed E-state index contributed by atoms with van der Waals surface area (Å²) in [5.74, 6) is -0.372. The summed E-state index contributed by atoms with van der Waals surface area (Å²) in [5, 5.41) is 0. The molecule has 0 amide bonds. The quantitative estimate of drug-likeness (QED) is 0.625. The van der Waals surface area contributed by atoms with Gasteiger partial charge in [-0.15, -0.1) is 0 Å². The van der Waals surface area contributed by atoms with Crippen molar-refractivity contribution < 1.29 is 18.3 Å². The Bertz CT molecular complexity index is 520. The average molecular weight is 324 g/mol. The number of unbranched alkanes of at least 4 members (excludes halogenated alkanes) is 1. The highest BCUT2D eigenvalue weighted by Gasteiger charge is 2.30. The van der Waals surface area contributed by atoms with Crippen molar-refractivity contribution in [1.82, 2.24) is 0 Å². The number of rotatable bonds is 7. The van der Waals surface area contributed by atoms with Crippen molar-refractivity contribution in [2.45, 2.75) is 58.0 Å². The maximum atomic E-state index is 14.1. The zero-order valence-corrected chi connectivity index (χ0v) is 13.8. The third-order valence-electron chi connectivity index (χ3n) is 5.16. The molecule has 0 aromatic heterocycles. The van der Waals surface area contributed by atoms with Crippen molar-refractivity contribution >= 4 is 0 Å². The third kappa shape index (κ3) is 4.23. The Morgan fingerprint density at radius 1 is 1.09 bits per heavy atom. The molecule has 1 atom stereocenters. The van der Waals surface area contributed by atoms with E-state index in [0.29, 0.717) is 24.7 Å². The Balaban J connectivity index is 1.48. The first kappa shape index (κ1) is 16.7. The minimum absolute atomic E-state index is 0.0278. The van der Waals surface area contributed by atoms with E-state index in [4.69, 9.17) is 9.47 Å². The van der Waals surface area contributed by atoms with E-state index in [2.05, 4.69) is 6.92 Å². The van der Waals surface area contributed by atoms with Crippen LogP contribution in [0.15, 0.2) is 12.1 Å². The van der Waals surface area contributed by atoms with Crippen LogP contribution in [0.3, 0.4) is 0 Å². The zero-order chi connectivity index (χ0) is 16.2.